The van der Waals surface area contributed by atoms with E-state index in [2.05, 4.69) is 0 Å². The molecule has 1 heterocycles. The molecular weight excluding hydrogens is 169 g/mol. The molecule has 0 amide bonds. The van der Waals surface area contributed by atoms with Gasteiger partial charge in [0, 0.05) is 12.0 Å². The summed E-state index contributed by atoms with van der Waals surface area (Å²) in [6, 6.07) is 6.51. The third kappa shape index (κ3) is 1.71. The summed E-state index contributed by atoms with van der Waals surface area (Å²) in [6.07, 6.45) is 0. The molecule has 1 saturated heterocycles. The molecule has 2 atom stereocenters. The quantitative estimate of drug-likeness (QED) is 0.708. The maximum atomic E-state index is 12.6. The molecule has 0 saturated carbocycles. The highest BCUT2D eigenvalue weighted by molar-refractivity contribution is 5.23. The Morgan fingerprint density at radius 1 is 1.23 bits per heavy atom. The Morgan fingerprint density at radius 3 is 2.46 bits per heavy atom. The lowest BCUT2D eigenvalue weighted by atomic mass is 9.95. The Bertz CT molecular complexity index is 285. The summed E-state index contributed by atoms with van der Waals surface area (Å²) in [5.41, 5.74) is 6.89. The smallest absolute Gasteiger partial charge is 0.123 e. The van der Waals surface area contributed by atoms with Crippen molar-refractivity contribution in [2.75, 3.05) is 13.2 Å². The normalized spacial score (nSPS) is 27.8. The Hall–Kier alpha value is -0.930. The minimum atomic E-state index is -0.212. The number of nitrogens with two attached hydrogens (primary N) is 1. The van der Waals surface area contributed by atoms with Gasteiger partial charge in [-0.1, -0.05) is 12.1 Å². The number of hydrogen-bond acceptors (Lipinski definition) is 2. The van der Waals surface area contributed by atoms with Crippen LogP contribution in [-0.2, 0) is 4.74 Å². The van der Waals surface area contributed by atoms with Crippen LogP contribution in [0.2, 0.25) is 0 Å². The van der Waals surface area contributed by atoms with Crippen LogP contribution >= 0.6 is 0 Å². The van der Waals surface area contributed by atoms with Crippen LogP contribution < -0.4 is 5.73 Å². The van der Waals surface area contributed by atoms with Gasteiger partial charge in [0.1, 0.15) is 5.82 Å². The molecule has 0 bridgehead atoms. The van der Waals surface area contributed by atoms with E-state index < -0.39 is 0 Å². The van der Waals surface area contributed by atoms with E-state index in [0.29, 0.717) is 13.2 Å². The standard InChI is InChI=1S/C10H12FNO/c11-8-3-1-7(2-4-8)9-5-13-6-10(9)12/h1-4,9-10H,5-6,12H2. The summed E-state index contributed by atoms with van der Waals surface area (Å²) in [5, 5.41) is 0. The Morgan fingerprint density at radius 2 is 1.92 bits per heavy atom. The lowest BCUT2D eigenvalue weighted by Gasteiger charge is -2.12. The molecule has 1 fully saturated rings. The van der Waals surface area contributed by atoms with Crippen molar-refractivity contribution in [2.24, 2.45) is 5.73 Å². The van der Waals surface area contributed by atoms with Crippen LogP contribution in [0.1, 0.15) is 11.5 Å². The Balaban J connectivity index is 2.20. The fourth-order valence-electron chi connectivity index (χ4n) is 1.62. The first-order chi connectivity index (χ1) is 6.27. The average Bonchev–Trinajstić information content (AvgIpc) is 2.53. The minimum Gasteiger partial charge on any atom is -0.379 e. The van der Waals surface area contributed by atoms with Crippen molar-refractivity contribution in [1.82, 2.24) is 0 Å². The molecule has 0 spiro atoms. The molecule has 1 aliphatic rings. The van der Waals surface area contributed by atoms with Crippen molar-refractivity contribution in [3.05, 3.63) is 35.6 Å². The molecule has 2 N–H and O–H groups in total. The van der Waals surface area contributed by atoms with Crippen LogP contribution in [0.25, 0.3) is 0 Å². The number of hydrogen-bond donors (Lipinski definition) is 1. The third-order valence-corrected chi connectivity index (χ3v) is 2.42. The second-order valence-electron chi connectivity index (χ2n) is 3.36. The number of rotatable bonds is 1. The first kappa shape index (κ1) is 8.66. The molecule has 1 aromatic carbocycles. The Labute approximate surface area is 76.5 Å². The zero-order valence-electron chi connectivity index (χ0n) is 7.24. The maximum absolute atomic E-state index is 12.6. The fraction of sp³-hybridized carbons (Fsp3) is 0.400. The fourth-order valence-corrected chi connectivity index (χ4v) is 1.62. The molecule has 70 valence electrons. The summed E-state index contributed by atoms with van der Waals surface area (Å²) in [6.45, 7) is 1.24. The average molecular weight is 181 g/mol. The summed E-state index contributed by atoms with van der Waals surface area (Å²) in [5.74, 6) is 0.0110. The second-order valence-corrected chi connectivity index (χ2v) is 3.36. The predicted molar refractivity (Wildman–Crippen MR) is 47.9 cm³/mol. The van der Waals surface area contributed by atoms with E-state index in [1.807, 2.05) is 0 Å². The van der Waals surface area contributed by atoms with E-state index >= 15 is 0 Å². The van der Waals surface area contributed by atoms with Gasteiger partial charge in [0.25, 0.3) is 0 Å². The number of benzene rings is 1. The van der Waals surface area contributed by atoms with E-state index in [0.717, 1.165) is 5.56 Å². The lowest BCUT2D eigenvalue weighted by molar-refractivity contribution is 0.191. The highest BCUT2D eigenvalue weighted by atomic mass is 19.1. The van der Waals surface area contributed by atoms with Gasteiger partial charge in [0.2, 0.25) is 0 Å². The third-order valence-electron chi connectivity index (χ3n) is 2.42. The summed E-state index contributed by atoms with van der Waals surface area (Å²) in [4.78, 5) is 0. The van der Waals surface area contributed by atoms with Crippen molar-refractivity contribution in [1.29, 1.82) is 0 Å². The van der Waals surface area contributed by atoms with Crippen molar-refractivity contribution in [3.8, 4) is 0 Å². The van der Waals surface area contributed by atoms with Gasteiger partial charge in [-0.2, -0.15) is 0 Å². The summed E-state index contributed by atoms with van der Waals surface area (Å²) < 4.78 is 17.8. The van der Waals surface area contributed by atoms with Crippen LogP contribution in [0.4, 0.5) is 4.39 Å². The van der Waals surface area contributed by atoms with Gasteiger partial charge >= 0.3 is 0 Å². The Kier molecular flexibility index (Phi) is 2.29. The first-order valence-electron chi connectivity index (χ1n) is 4.36. The summed E-state index contributed by atoms with van der Waals surface area (Å²) in [7, 11) is 0. The van der Waals surface area contributed by atoms with Crippen LogP contribution in [0.3, 0.4) is 0 Å². The van der Waals surface area contributed by atoms with Crippen LogP contribution in [0, 0.1) is 5.82 Å². The molecule has 3 heteroatoms. The zero-order chi connectivity index (χ0) is 9.26. The van der Waals surface area contributed by atoms with E-state index in [9.17, 15) is 4.39 Å². The SMILES string of the molecule is NC1COCC1c1ccc(F)cc1. The van der Waals surface area contributed by atoms with Gasteiger partial charge in [0.15, 0.2) is 0 Å². The minimum absolute atomic E-state index is 0.0467. The summed E-state index contributed by atoms with van der Waals surface area (Å²) >= 11 is 0. The number of ether oxygens (including phenoxy) is 1. The van der Waals surface area contributed by atoms with Crippen LogP contribution in [0.5, 0.6) is 0 Å². The molecule has 2 unspecified atom stereocenters. The number of halogens is 1. The maximum Gasteiger partial charge on any atom is 0.123 e. The van der Waals surface area contributed by atoms with Crippen molar-refractivity contribution < 1.29 is 9.13 Å². The van der Waals surface area contributed by atoms with E-state index in [-0.39, 0.29) is 17.8 Å². The highest BCUT2D eigenvalue weighted by Gasteiger charge is 2.25. The molecule has 13 heavy (non-hydrogen) atoms. The first-order valence-corrected chi connectivity index (χ1v) is 4.36. The van der Waals surface area contributed by atoms with Crippen LogP contribution in [-0.4, -0.2) is 19.3 Å². The second kappa shape index (κ2) is 3.44. The van der Waals surface area contributed by atoms with Gasteiger partial charge in [-0.3, -0.25) is 0 Å². The van der Waals surface area contributed by atoms with E-state index in [1.165, 1.54) is 12.1 Å². The molecule has 2 rings (SSSR count). The predicted octanol–water partition coefficient (Wildman–Crippen LogP) is 1.27. The largest absolute Gasteiger partial charge is 0.379 e. The van der Waals surface area contributed by atoms with E-state index in [4.69, 9.17) is 10.5 Å². The molecular formula is C10H12FNO. The molecule has 0 radical (unpaired) electrons. The highest BCUT2D eigenvalue weighted by Crippen LogP contribution is 2.24. The van der Waals surface area contributed by atoms with Crippen LogP contribution in [0.15, 0.2) is 24.3 Å². The van der Waals surface area contributed by atoms with Gasteiger partial charge in [-0.25, -0.2) is 4.39 Å². The van der Waals surface area contributed by atoms with Crippen molar-refractivity contribution >= 4 is 0 Å². The van der Waals surface area contributed by atoms with E-state index in [1.54, 1.807) is 12.1 Å². The zero-order valence-corrected chi connectivity index (χ0v) is 7.24. The van der Waals surface area contributed by atoms with Gasteiger partial charge in [0.05, 0.1) is 13.2 Å². The van der Waals surface area contributed by atoms with Gasteiger partial charge in [-0.15, -0.1) is 0 Å². The molecule has 1 aliphatic heterocycles. The van der Waals surface area contributed by atoms with Crippen molar-refractivity contribution in [2.45, 2.75) is 12.0 Å². The molecule has 0 aliphatic carbocycles. The topological polar surface area (TPSA) is 35.2 Å². The molecule has 2 nitrogen and oxygen atoms in total. The molecule has 1 aromatic rings. The monoisotopic (exact) mass is 181 g/mol. The molecule has 0 aromatic heterocycles. The van der Waals surface area contributed by atoms with Gasteiger partial charge < -0.3 is 10.5 Å². The van der Waals surface area contributed by atoms with Gasteiger partial charge in [-0.05, 0) is 17.7 Å². The van der Waals surface area contributed by atoms with Crippen molar-refractivity contribution in [3.63, 3.8) is 0 Å². The lowest BCUT2D eigenvalue weighted by Crippen LogP contribution is -2.26.